The molecule has 0 radical (unpaired) electrons. The second-order valence-corrected chi connectivity index (χ2v) is 7.14. The molecule has 3 heterocycles. The number of hydrogen-bond donors (Lipinski definition) is 1. The maximum Gasteiger partial charge on any atom is 0.228 e. The number of nitrogens with two attached hydrogens (primary N) is 1. The van der Waals surface area contributed by atoms with Crippen molar-refractivity contribution < 1.29 is 8.78 Å². The molecule has 0 aliphatic carbocycles. The smallest absolute Gasteiger partial charge is 0.228 e. The fourth-order valence-corrected chi connectivity index (χ4v) is 3.79. The predicted octanol–water partition coefficient (Wildman–Crippen LogP) is 3.45. The number of fused-ring (bicyclic) bond motifs is 2. The Morgan fingerprint density at radius 2 is 1.83 bits per heavy atom. The normalized spacial score (nSPS) is 13.7. The zero-order chi connectivity index (χ0) is 20.1. The summed E-state index contributed by atoms with van der Waals surface area (Å²) in [6.07, 6.45) is 0.863. The van der Waals surface area contributed by atoms with Crippen LogP contribution in [0.2, 0.25) is 0 Å². The minimum atomic E-state index is -0.705. The van der Waals surface area contributed by atoms with Crippen molar-refractivity contribution >= 4 is 22.8 Å². The van der Waals surface area contributed by atoms with Crippen LogP contribution in [0.1, 0.15) is 11.1 Å². The average molecular weight is 392 g/mol. The van der Waals surface area contributed by atoms with E-state index in [-0.39, 0.29) is 5.56 Å². The quantitative estimate of drug-likeness (QED) is 0.566. The van der Waals surface area contributed by atoms with Gasteiger partial charge in [-0.2, -0.15) is 10.1 Å². The molecule has 0 spiro atoms. The molecule has 6 nitrogen and oxygen atoms in total. The van der Waals surface area contributed by atoms with Crippen LogP contribution in [-0.4, -0.2) is 26.3 Å². The summed E-state index contributed by atoms with van der Waals surface area (Å²) in [6, 6.07) is 11.7. The van der Waals surface area contributed by atoms with Crippen LogP contribution in [0.4, 0.5) is 20.5 Å². The molecule has 0 unspecified atom stereocenters. The first-order chi connectivity index (χ1) is 14.0. The topological polar surface area (TPSA) is 72.9 Å². The van der Waals surface area contributed by atoms with Crippen molar-refractivity contribution in [2.75, 3.05) is 17.2 Å². The van der Waals surface area contributed by atoms with Crippen LogP contribution < -0.4 is 10.6 Å². The van der Waals surface area contributed by atoms with Crippen LogP contribution in [0, 0.1) is 11.6 Å². The maximum atomic E-state index is 14.6. The molecule has 2 aromatic heterocycles. The summed E-state index contributed by atoms with van der Waals surface area (Å²) in [4.78, 5) is 11.3. The Bertz CT molecular complexity index is 1250. The Hall–Kier alpha value is -3.55. The SMILES string of the molecule is Cn1nc2nc(N3CCc4ccccc4C3)nc(-c3ccc(F)cc3F)c2c1N. The summed E-state index contributed by atoms with van der Waals surface area (Å²) in [5, 5.41) is 4.82. The largest absolute Gasteiger partial charge is 0.383 e. The van der Waals surface area contributed by atoms with Crippen molar-refractivity contribution in [3.63, 3.8) is 0 Å². The number of anilines is 2. The molecular weight excluding hydrogens is 374 g/mol. The minimum absolute atomic E-state index is 0.164. The summed E-state index contributed by atoms with van der Waals surface area (Å²) in [6.45, 7) is 1.38. The second-order valence-electron chi connectivity index (χ2n) is 7.14. The molecule has 0 saturated carbocycles. The third-order valence-corrected chi connectivity index (χ3v) is 5.33. The maximum absolute atomic E-state index is 14.6. The first-order valence-electron chi connectivity index (χ1n) is 9.28. The molecule has 29 heavy (non-hydrogen) atoms. The number of aromatic nitrogens is 4. The Morgan fingerprint density at radius 1 is 1.03 bits per heavy atom. The van der Waals surface area contributed by atoms with Gasteiger partial charge in [0, 0.05) is 31.8 Å². The van der Waals surface area contributed by atoms with Gasteiger partial charge in [0.05, 0.1) is 11.1 Å². The van der Waals surface area contributed by atoms with E-state index in [1.807, 2.05) is 17.0 Å². The summed E-state index contributed by atoms with van der Waals surface area (Å²) in [7, 11) is 1.69. The van der Waals surface area contributed by atoms with Crippen molar-refractivity contribution in [1.29, 1.82) is 0 Å². The van der Waals surface area contributed by atoms with Gasteiger partial charge in [-0.05, 0) is 29.7 Å². The highest BCUT2D eigenvalue weighted by molar-refractivity contribution is 5.99. The van der Waals surface area contributed by atoms with Gasteiger partial charge >= 0.3 is 0 Å². The fraction of sp³-hybridized carbons (Fsp3) is 0.190. The lowest BCUT2D eigenvalue weighted by Crippen LogP contribution is -2.31. The van der Waals surface area contributed by atoms with Gasteiger partial charge in [-0.3, -0.25) is 4.68 Å². The summed E-state index contributed by atoms with van der Waals surface area (Å²) < 4.78 is 29.5. The molecule has 0 saturated heterocycles. The number of hydrogen-bond acceptors (Lipinski definition) is 5. The van der Waals surface area contributed by atoms with E-state index in [1.165, 1.54) is 27.9 Å². The van der Waals surface area contributed by atoms with Crippen LogP contribution in [0.3, 0.4) is 0 Å². The lowest BCUT2D eigenvalue weighted by Gasteiger charge is -2.29. The first-order valence-corrected chi connectivity index (χ1v) is 9.28. The molecule has 1 aliphatic rings. The van der Waals surface area contributed by atoms with Crippen molar-refractivity contribution in [1.82, 2.24) is 19.7 Å². The lowest BCUT2D eigenvalue weighted by atomic mass is 10.0. The van der Waals surface area contributed by atoms with Crippen molar-refractivity contribution in [3.05, 3.63) is 65.2 Å². The van der Waals surface area contributed by atoms with Crippen LogP contribution in [-0.2, 0) is 20.0 Å². The van der Waals surface area contributed by atoms with Crippen LogP contribution >= 0.6 is 0 Å². The van der Waals surface area contributed by atoms with Gasteiger partial charge in [0.25, 0.3) is 0 Å². The molecule has 0 amide bonds. The Morgan fingerprint density at radius 3 is 2.62 bits per heavy atom. The molecule has 4 aromatic rings. The number of benzene rings is 2. The van der Waals surface area contributed by atoms with E-state index in [4.69, 9.17) is 5.73 Å². The monoisotopic (exact) mass is 392 g/mol. The molecular formula is C21H18F2N6. The Kier molecular flexibility index (Phi) is 3.94. The van der Waals surface area contributed by atoms with Crippen LogP contribution in [0.15, 0.2) is 42.5 Å². The highest BCUT2D eigenvalue weighted by Gasteiger charge is 2.24. The van der Waals surface area contributed by atoms with E-state index in [9.17, 15) is 8.78 Å². The van der Waals surface area contributed by atoms with Crippen molar-refractivity contribution in [2.45, 2.75) is 13.0 Å². The summed E-state index contributed by atoms with van der Waals surface area (Å²) in [5.41, 5.74) is 9.53. The number of nitrogens with zero attached hydrogens (tertiary/aromatic N) is 5. The van der Waals surface area contributed by atoms with Crippen LogP contribution in [0.25, 0.3) is 22.3 Å². The molecule has 2 aromatic carbocycles. The first kappa shape index (κ1) is 17.5. The van der Waals surface area contributed by atoms with E-state index in [0.717, 1.165) is 19.0 Å². The van der Waals surface area contributed by atoms with Gasteiger partial charge in [-0.15, -0.1) is 0 Å². The fourth-order valence-electron chi connectivity index (χ4n) is 3.79. The number of rotatable bonds is 2. The molecule has 8 heteroatoms. The number of halogens is 2. The predicted molar refractivity (Wildman–Crippen MR) is 107 cm³/mol. The van der Waals surface area contributed by atoms with Crippen molar-refractivity contribution in [2.24, 2.45) is 7.05 Å². The lowest BCUT2D eigenvalue weighted by molar-refractivity contribution is 0.585. The molecule has 0 atom stereocenters. The van der Waals surface area contributed by atoms with Gasteiger partial charge in [-0.1, -0.05) is 24.3 Å². The molecule has 1 aliphatic heterocycles. The minimum Gasteiger partial charge on any atom is -0.383 e. The average Bonchev–Trinajstić information content (AvgIpc) is 3.01. The third kappa shape index (κ3) is 2.88. The van der Waals surface area contributed by atoms with E-state index in [1.54, 1.807) is 7.05 Å². The second kappa shape index (κ2) is 6.51. The summed E-state index contributed by atoms with van der Waals surface area (Å²) in [5.74, 6) is -0.579. The number of nitrogen functional groups attached to an aromatic ring is 1. The molecule has 0 fully saturated rings. The standard InChI is InChI=1S/C21H18F2N6/c1-28-19(24)17-18(15-7-6-14(22)10-16(15)23)25-21(26-20(17)27-28)29-9-8-12-4-2-3-5-13(12)11-29/h2-7,10H,8-9,11,24H2,1H3. The van der Waals surface area contributed by atoms with Crippen molar-refractivity contribution in [3.8, 4) is 11.3 Å². The van der Waals surface area contributed by atoms with Gasteiger partial charge in [-0.25, -0.2) is 13.8 Å². The highest BCUT2D eigenvalue weighted by Crippen LogP contribution is 2.34. The van der Waals surface area contributed by atoms with E-state index >= 15 is 0 Å². The van der Waals surface area contributed by atoms with E-state index in [0.29, 0.717) is 35.0 Å². The van der Waals surface area contributed by atoms with Gasteiger partial charge in [0.2, 0.25) is 5.95 Å². The highest BCUT2D eigenvalue weighted by atomic mass is 19.1. The number of aryl methyl sites for hydroxylation is 1. The molecule has 0 bridgehead atoms. The Labute approximate surface area is 165 Å². The van der Waals surface area contributed by atoms with E-state index in [2.05, 4.69) is 27.2 Å². The molecule has 5 rings (SSSR count). The van der Waals surface area contributed by atoms with Crippen LogP contribution in [0.5, 0.6) is 0 Å². The zero-order valence-corrected chi connectivity index (χ0v) is 15.7. The molecule has 2 N–H and O–H groups in total. The van der Waals surface area contributed by atoms with E-state index < -0.39 is 11.6 Å². The van der Waals surface area contributed by atoms with Gasteiger partial charge in [0.15, 0.2) is 5.65 Å². The Balaban J connectivity index is 1.68. The zero-order valence-electron chi connectivity index (χ0n) is 15.7. The third-order valence-electron chi connectivity index (χ3n) is 5.33. The van der Waals surface area contributed by atoms with Gasteiger partial charge < -0.3 is 10.6 Å². The molecule has 146 valence electrons. The summed E-state index contributed by atoms with van der Waals surface area (Å²) >= 11 is 0. The van der Waals surface area contributed by atoms with Gasteiger partial charge in [0.1, 0.15) is 17.5 Å².